The number of carbonyl (C=O) groups is 2. The Balaban J connectivity index is 0. The highest BCUT2D eigenvalue weighted by Crippen LogP contribution is 2.26. The van der Waals surface area contributed by atoms with Crippen LogP contribution in [0, 0.1) is 0 Å². The van der Waals surface area contributed by atoms with Crippen LogP contribution in [-0.2, 0) is 4.79 Å². The topological polar surface area (TPSA) is 72.2 Å². The Kier molecular flexibility index (Phi) is 14.3. The van der Waals surface area contributed by atoms with Crippen molar-refractivity contribution in [3.8, 4) is 0 Å². The SMILES string of the molecule is BrCCCCBr.CCC(Br)(CC)C(=O)NC(N)=O. The lowest BCUT2D eigenvalue weighted by Gasteiger charge is -2.21. The van der Waals surface area contributed by atoms with E-state index < -0.39 is 10.4 Å². The lowest BCUT2D eigenvalue weighted by molar-refractivity contribution is -0.122. The molecule has 0 atom stereocenters. The minimum atomic E-state index is -0.814. The molecule has 0 rings (SSSR count). The van der Waals surface area contributed by atoms with Crippen molar-refractivity contribution in [1.29, 1.82) is 0 Å². The van der Waals surface area contributed by atoms with Gasteiger partial charge in [0, 0.05) is 10.7 Å². The fourth-order valence-electron chi connectivity index (χ4n) is 0.984. The lowest BCUT2D eigenvalue weighted by Crippen LogP contribution is -2.46. The third-order valence-electron chi connectivity index (χ3n) is 2.28. The van der Waals surface area contributed by atoms with Crippen LogP contribution in [-0.4, -0.2) is 26.9 Å². The number of alkyl halides is 3. The van der Waals surface area contributed by atoms with Crippen LogP contribution < -0.4 is 11.1 Å². The molecule has 0 aliphatic heterocycles. The summed E-state index contributed by atoms with van der Waals surface area (Å²) in [7, 11) is 0. The van der Waals surface area contributed by atoms with E-state index in [1.807, 2.05) is 19.2 Å². The van der Waals surface area contributed by atoms with Crippen LogP contribution in [0.4, 0.5) is 4.79 Å². The first-order valence-corrected chi connectivity index (χ1v) is 8.83. The Labute approximate surface area is 134 Å². The molecule has 0 aromatic rings. The first-order chi connectivity index (χ1) is 8.37. The predicted octanol–water partition coefficient (Wildman–Crippen LogP) is 3.69. The van der Waals surface area contributed by atoms with E-state index in [0.29, 0.717) is 12.8 Å². The highest BCUT2D eigenvalue weighted by atomic mass is 79.9. The molecule has 18 heavy (non-hydrogen) atoms. The van der Waals surface area contributed by atoms with Gasteiger partial charge in [0.25, 0.3) is 0 Å². The van der Waals surface area contributed by atoms with Crippen LogP contribution in [0.3, 0.4) is 0 Å². The van der Waals surface area contributed by atoms with Crippen LogP contribution in [0.2, 0.25) is 0 Å². The van der Waals surface area contributed by atoms with Crippen LogP contribution in [0.15, 0.2) is 0 Å². The molecule has 0 saturated carbocycles. The average Bonchev–Trinajstić information content (AvgIpc) is 2.35. The van der Waals surface area contributed by atoms with Gasteiger partial charge in [0.2, 0.25) is 5.91 Å². The molecule has 0 fully saturated rings. The second-order valence-corrected chi connectivity index (χ2v) is 6.68. The van der Waals surface area contributed by atoms with Gasteiger partial charge in [-0.05, 0) is 25.7 Å². The van der Waals surface area contributed by atoms with E-state index in [1.54, 1.807) is 0 Å². The molecule has 108 valence electrons. The highest BCUT2D eigenvalue weighted by molar-refractivity contribution is 9.10. The van der Waals surface area contributed by atoms with E-state index in [9.17, 15) is 9.59 Å². The highest BCUT2D eigenvalue weighted by Gasteiger charge is 2.32. The minimum absolute atomic E-state index is 0.375. The lowest BCUT2D eigenvalue weighted by atomic mass is 10.0. The van der Waals surface area contributed by atoms with Crippen molar-refractivity contribution in [2.45, 2.75) is 43.9 Å². The quantitative estimate of drug-likeness (QED) is 0.476. The van der Waals surface area contributed by atoms with Gasteiger partial charge in [-0.25, -0.2) is 4.79 Å². The molecule has 0 spiro atoms. The number of unbranched alkanes of at least 4 members (excludes halogenated alkanes) is 1. The molecule has 3 amide bonds. The summed E-state index contributed by atoms with van der Waals surface area (Å²) in [6.45, 7) is 3.72. The zero-order valence-corrected chi connectivity index (χ0v) is 15.5. The number of nitrogens with one attached hydrogen (secondary N) is 1. The molecule has 0 heterocycles. The van der Waals surface area contributed by atoms with Gasteiger partial charge in [-0.15, -0.1) is 0 Å². The summed E-state index contributed by atoms with van der Waals surface area (Å²) < 4.78 is -0.665. The number of halogens is 3. The summed E-state index contributed by atoms with van der Waals surface area (Å²) >= 11 is 9.92. The Hall–Kier alpha value is 0.380. The van der Waals surface area contributed by atoms with E-state index >= 15 is 0 Å². The summed E-state index contributed by atoms with van der Waals surface area (Å²) in [6, 6.07) is -0.814. The van der Waals surface area contributed by atoms with Gasteiger partial charge in [-0.1, -0.05) is 61.6 Å². The molecular weight excluding hydrogens is 432 g/mol. The summed E-state index contributed by atoms with van der Waals surface area (Å²) in [4.78, 5) is 21.6. The van der Waals surface area contributed by atoms with Crippen molar-refractivity contribution < 1.29 is 9.59 Å². The molecule has 0 aromatic carbocycles. The van der Waals surface area contributed by atoms with Gasteiger partial charge in [0.05, 0.1) is 0 Å². The van der Waals surface area contributed by atoms with Gasteiger partial charge in [-0.2, -0.15) is 0 Å². The number of nitrogens with two attached hydrogens (primary N) is 1. The largest absolute Gasteiger partial charge is 0.351 e. The van der Waals surface area contributed by atoms with Crippen LogP contribution in [0.25, 0.3) is 0 Å². The third kappa shape index (κ3) is 10.3. The van der Waals surface area contributed by atoms with Crippen molar-refractivity contribution in [1.82, 2.24) is 5.32 Å². The van der Waals surface area contributed by atoms with Crippen LogP contribution >= 0.6 is 47.8 Å². The summed E-state index contributed by atoms with van der Waals surface area (Å²) in [5.41, 5.74) is 4.81. The molecule has 0 radical (unpaired) electrons. The molecular formula is C11H21Br3N2O2. The number of hydrogen-bond donors (Lipinski definition) is 2. The van der Waals surface area contributed by atoms with Crippen molar-refractivity contribution in [2.24, 2.45) is 5.73 Å². The molecule has 0 bridgehead atoms. The van der Waals surface area contributed by atoms with E-state index in [2.05, 4.69) is 47.8 Å². The zero-order valence-electron chi connectivity index (χ0n) is 10.8. The number of primary amides is 1. The molecule has 0 aliphatic carbocycles. The Morgan fingerprint density at radius 1 is 1.11 bits per heavy atom. The summed E-state index contributed by atoms with van der Waals surface area (Å²) in [5, 5.41) is 4.31. The maximum Gasteiger partial charge on any atom is 0.318 e. The van der Waals surface area contributed by atoms with Crippen molar-refractivity contribution in [3.63, 3.8) is 0 Å². The molecule has 0 saturated heterocycles. The molecule has 7 heteroatoms. The van der Waals surface area contributed by atoms with Crippen molar-refractivity contribution >= 4 is 59.7 Å². The maximum absolute atomic E-state index is 11.3. The van der Waals surface area contributed by atoms with Crippen LogP contribution in [0.5, 0.6) is 0 Å². The molecule has 0 aliphatic rings. The number of amides is 3. The molecule has 3 N–H and O–H groups in total. The number of imide groups is 1. The van der Waals surface area contributed by atoms with Crippen LogP contribution in [0.1, 0.15) is 39.5 Å². The second kappa shape index (κ2) is 12.4. The average molecular weight is 453 g/mol. The standard InChI is InChI=1S/C7H13BrN2O2.C4H8Br2/c1-3-7(8,4-2)5(11)10-6(9)12;5-3-1-2-4-6/h3-4H2,1-2H3,(H3,9,10,11,12);1-4H2. The third-order valence-corrected chi connectivity index (χ3v) is 4.88. The number of urea groups is 1. The Bertz CT molecular complexity index is 242. The smallest absolute Gasteiger partial charge is 0.318 e. The zero-order chi connectivity index (χ0) is 14.6. The first kappa shape index (κ1) is 20.7. The molecule has 4 nitrogen and oxygen atoms in total. The fraction of sp³-hybridized carbons (Fsp3) is 0.818. The number of rotatable bonds is 6. The monoisotopic (exact) mass is 450 g/mol. The van der Waals surface area contributed by atoms with E-state index in [4.69, 9.17) is 5.73 Å². The summed E-state index contributed by atoms with van der Waals surface area (Å²) in [5.74, 6) is -0.375. The normalized spacial score (nSPS) is 10.3. The van der Waals surface area contributed by atoms with Crippen molar-refractivity contribution in [3.05, 3.63) is 0 Å². The van der Waals surface area contributed by atoms with E-state index in [0.717, 1.165) is 10.7 Å². The minimum Gasteiger partial charge on any atom is -0.351 e. The predicted molar refractivity (Wildman–Crippen MR) is 86.8 cm³/mol. The van der Waals surface area contributed by atoms with Gasteiger partial charge in [0.15, 0.2) is 0 Å². The fourth-order valence-corrected chi connectivity index (χ4v) is 1.88. The van der Waals surface area contributed by atoms with Crippen molar-refractivity contribution in [2.75, 3.05) is 10.7 Å². The Morgan fingerprint density at radius 3 is 1.72 bits per heavy atom. The van der Waals surface area contributed by atoms with Gasteiger partial charge in [0.1, 0.15) is 4.32 Å². The van der Waals surface area contributed by atoms with E-state index in [1.165, 1.54) is 12.8 Å². The number of carbonyl (C=O) groups excluding carboxylic acids is 2. The van der Waals surface area contributed by atoms with E-state index in [-0.39, 0.29) is 5.91 Å². The Morgan fingerprint density at radius 2 is 1.50 bits per heavy atom. The first-order valence-electron chi connectivity index (χ1n) is 5.79. The van der Waals surface area contributed by atoms with Gasteiger partial charge >= 0.3 is 6.03 Å². The number of hydrogen-bond acceptors (Lipinski definition) is 2. The van der Waals surface area contributed by atoms with Gasteiger partial charge in [-0.3, -0.25) is 10.1 Å². The molecule has 0 aromatic heterocycles. The van der Waals surface area contributed by atoms with Gasteiger partial charge < -0.3 is 5.73 Å². The second-order valence-electron chi connectivity index (χ2n) is 3.58. The maximum atomic E-state index is 11.3. The summed E-state index contributed by atoms with van der Waals surface area (Å²) in [6.07, 6.45) is 3.79. The molecule has 0 unspecified atom stereocenters.